The number of aliphatic hydroxyl groups is 1. The highest BCUT2D eigenvalue weighted by Gasteiger charge is 2.18. The van der Waals surface area contributed by atoms with Gasteiger partial charge in [-0.15, -0.1) is 0 Å². The van der Waals surface area contributed by atoms with Crippen molar-refractivity contribution in [3.05, 3.63) is 64.8 Å². The Morgan fingerprint density at radius 2 is 1.76 bits per heavy atom. The number of aromatic hydroxyl groups is 1. The number of nitrogens with zero attached hydrogens (tertiary/aromatic N) is 1. The fourth-order valence-electron chi connectivity index (χ4n) is 2.53. The monoisotopic (exact) mass is 358 g/mol. The van der Waals surface area contributed by atoms with Crippen LogP contribution < -0.4 is 5.32 Å². The summed E-state index contributed by atoms with van der Waals surface area (Å²) in [6.07, 6.45) is -0.833. The van der Waals surface area contributed by atoms with Crippen LogP contribution in [0, 0.1) is 0 Å². The Kier molecular flexibility index (Phi) is 4.74. The molecule has 4 N–H and O–H groups in total. The molecule has 0 aliphatic heterocycles. The first-order valence-corrected chi connectivity index (χ1v) is 7.87. The summed E-state index contributed by atoms with van der Waals surface area (Å²) >= 11 is 5.83. The topological polar surface area (TPSA) is 103 Å². The predicted octanol–water partition coefficient (Wildman–Crippen LogP) is 3.44. The van der Waals surface area contributed by atoms with Gasteiger partial charge in [-0.1, -0.05) is 48.0 Å². The molecule has 1 unspecified atom stereocenters. The van der Waals surface area contributed by atoms with Crippen LogP contribution >= 0.6 is 11.6 Å². The summed E-state index contributed by atoms with van der Waals surface area (Å²) in [6, 6.07) is 13.5. The number of fused-ring (bicyclic) bond motifs is 1. The molecule has 1 atom stereocenters. The van der Waals surface area contributed by atoms with E-state index in [4.69, 9.17) is 11.6 Å². The van der Waals surface area contributed by atoms with Gasteiger partial charge in [-0.05, 0) is 17.7 Å². The largest absolute Gasteiger partial charge is 0.505 e. The van der Waals surface area contributed by atoms with E-state index in [1.807, 2.05) is 0 Å². The van der Waals surface area contributed by atoms with Crippen LogP contribution in [0.4, 0.5) is 5.82 Å². The number of nitrogens with one attached hydrogen (secondary N) is 1. The molecular formula is C18H15ClN2O4. The van der Waals surface area contributed by atoms with Crippen molar-refractivity contribution >= 4 is 34.2 Å². The second-order valence-corrected chi connectivity index (χ2v) is 5.89. The van der Waals surface area contributed by atoms with Gasteiger partial charge in [0.1, 0.15) is 5.82 Å². The van der Waals surface area contributed by atoms with Crippen molar-refractivity contribution < 1.29 is 20.1 Å². The number of hydrogen-bond donors (Lipinski definition) is 4. The van der Waals surface area contributed by atoms with Crippen molar-refractivity contribution in [2.75, 3.05) is 11.9 Å². The number of rotatable bonds is 5. The smallest absolute Gasteiger partial charge is 0.358 e. The number of aromatic carboxylic acids is 1. The lowest BCUT2D eigenvalue weighted by Gasteiger charge is -2.15. The van der Waals surface area contributed by atoms with E-state index in [-0.39, 0.29) is 18.1 Å². The maximum Gasteiger partial charge on any atom is 0.358 e. The van der Waals surface area contributed by atoms with E-state index in [1.165, 1.54) is 0 Å². The van der Waals surface area contributed by atoms with Crippen molar-refractivity contribution in [3.63, 3.8) is 0 Å². The Labute approximate surface area is 148 Å². The zero-order valence-electron chi connectivity index (χ0n) is 13.0. The molecule has 0 fully saturated rings. The summed E-state index contributed by atoms with van der Waals surface area (Å²) in [6.45, 7) is 0.114. The molecule has 0 radical (unpaired) electrons. The van der Waals surface area contributed by atoms with Gasteiger partial charge in [-0.3, -0.25) is 0 Å². The molecule has 6 nitrogen and oxygen atoms in total. The molecule has 0 amide bonds. The lowest BCUT2D eigenvalue weighted by Crippen LogP contribution is -2.14. The van der Waals surface area contributed by atoms with Crippen LogP contribution in [0.2, 0.25) is 5.02 Å². The molecule has 0 bridgehead atoms. The number of carboxylic acid groups (broad SMARTS) is 1. The quantitative estimate of drug-likeness (QED) is 0.557. The molecule has 128 valence electrons. The zero-order chi connectivity index (χ0) is 18.0. The van der Waals surface area contributed by atoms with E-state index in [2.05, 4.69) is 10.3 Å². The van der Waals surface area contributed by atoms with Gasteiger partial charge in [0.2, 0.25) is 0 Å². The third-order valence-corrected chi connectivity index (χ3v) is 4.06. The minimum absolute atomic E-state index is 0.114. The summed E-state index contributed by atoms with van der Waals surface area (Å²) in [7, 11) is 0. The molecule has 7 heteroatoms. The molecule has 25 heavy (non-hydrogen) atoms. The van der Waals surface area contributed by atoms with Gasteiger partial charge in [0, 0.05) is 22.3 Å². The van der Waals surface area contributed by atoms with Crippen molar-refractivity contribution in [2.24, 2.45) is 0 Å². The first-order chi connectivity index (χ1) is 12.0. The molecule has 3 aromatic rings. The van der Waals surface area contributed by atoms with Crippen LogP contribution in [-0.4, -0.2) is 32.8 Å². The van der Waals surface area contributed by atoms with E-state index < -0.39 is 17.8 Å². The number of pyridine rings is 1. The average molecular weight is 359 g/mol. The Balaban J connectivity index is 1.91. The van der Waals surface area contributed by atoms with Crippen molar-refractivity contribution in [3.8, 4) is 5.75 Å². The highest BCUT2D eigenvalue weighted by molar-refractivity contribution is 6.30. The number of anilines is 1. The molecule has 3 rings (SSSR count). The van der Waals surface area contributed by atoms with Crippen molar-refractivity contribution in [2.45, 2.75) is 6.10 Å². The first-order valence-electron chi connectivity index (χ1n) is 7.49. The third kappa shape index (κ3) is 3.50. The number of aromatic nitrogens is 1. The Morgan fingerprint density at radius 1 is 1.12 bits per heavy atom. The molecule has 2 aromatic carbocycles. The number of carbonyl (C=O) groups is 1. The molecular weight excluding hydrogens is 344 g/mol. The van der Waals surface area contributed by atoms with Crippen LogP contribution in [0.25, 0.3) is 10.8 Å². The third-order valence-electron chi connectivity index (χ3n) is 3.81. The molecule has 0 saturated carbocycles. The van der Waals surface area contributed by atoms with Gasteiger partial charge in [0.25, 0.3) is 0 Å². The normalized spacial score (nSPS) is 12.1. The molecule has 0 aliphatic carbocycles. The van der Waals surface area contributed by atoms with Gasteiger partial charge in [0.05, 0.1) is 6.10 Å². The molecule has 0 saturated heterocycles. The minimum Gasteiger partial charge on any atom is -0.505 e. The standard InChI is InChI=1S/C18H15ClN2O4/c19-11-7-5-10(6-8-11)14(22)9-20-17-13-4-2-1-3-12(13)16(23)15(21-17)18(24)25/h1-8,14,22-23H,9H2,(H,20,21)(H,24,25). The van der Waals surface area contributed by atoms with E-state index in [0.717, 1.165) is 0 Å². The Bertz CT molecular complexity index is 928. The SMILES string of the molecule is O=C(O)c1nc(NCC(O)c2ccc(Cl)cc2)c2ccccc2c1O. The summed E-state index contributed by atoms with van der Waals surface area (Å²) in [5, 5.41) is 34.1. The maximum atomic E-state index is 11.3. The van der Waals surface area contributed by atoms with Gasteiger partial charge in [0.15, 0.2) is 11.4 Å². The fourth-order valence-corrected chi connectivity index (χ4v) is 2.65. The average Bonchev–Trinajstić information content (AvgIpc) is 2.61. The zero-order valence-corrected chi connectivity index (χ0v) is 13.7. The summed E-state index contributed by atoms with van der Waals surface area (Å²) in [5.74, 6) is -1.43. The number of aliphatic hydroxyl groups excluding tert-OH is 1. The number of carboxylic acids is 1. The van der Waals surface area contributed by atoms with E-state index in [9.17, 15) is 20.1 Å². The number of hydrogen-bond acceptors (Lipinski definition) is 5. The lowest BCUT2D eigenvalue weighted by molar-refractivity contribution is 0.0687. The second-order valence-electron chi connectivity index (χ2n) is 5.46. The fraction of sp³-hybridized carbons (Fsp3) is 0.111. The van der Waals surface area contributed by atoms with Crippen LogP contribution in [0.1, 0.15) is 22.2 Å². The second kappa shape index (κ2) is 6.96. The van der Waals surface area contributed by atoms with E-state index >= 15 is 0 Å². The Morgan fingerprint density at radius 3 is 2.40 bits per heavy atom. The first kappa shape index (κ1) is 17.0. The lowest BCUT2D eigenvalue weighted by atomic mass is 10.1. The predicted molar refractivity (Wildman–Crippen MR) is 95.3 cm³/mol. The summed E-state index contributed by atoms with van der Waals surface area (Å²) < 4.78 is 0. The number of benzene rings is 2. The van der Waals surface area contributed by atoms with Crippen LogP contribution in [0.3, 0.4) is 0 Å². The molecule has 1 heterocycles. The van der Waals surface area contributed by atoms with Crippen molar-refractivity contribution in [1.29, 1.82) is 0 Å². The van der Waals surface area contributed by atoms with Crippen LogP contribution in [0.5, 0.6) is 5.75 Å². The van der Waals surface area contributed by atoms with Gasteiger partial charge in [-0.2, -0.15) is 0 Å². The van der Waals surface area contributed by atoms with Crippen molar-refractivity contribution in [1.82, 2.24) is 4.98 Å². The minimum atomic E-state index is -1.33. The molecule has 0 spiro atoms. The molecule has 1 aromatic heterocycles. The van der Waals surface area contributed by atoms with E-state index in [1.54, 1.807) is 48.5 Å². The Hall–Kier alpha value is -2.83. The number of halogens is 1. The van der Waals surface area contributed by atoms with Crippen LogP contribution in [0.15, 0.2) is 48.5 Å². The van der Waals surface area contributed by atoms with Gasteiger partial charge >= 0.3 is 5.97 Å². The van der Waals surface area contributed by atoms with Crippen LogP contribution in [-0.2, 0) is 0 Å². The highest BCUT2D eigenvalue weighted by atomic mass is 35.5. The maximum absolute atomic E-state index is 11.3. The summed E-state index contributed by atoms with van der Waals surface area (Å²) in [4.78, 5) is 15.3. The molecule has 0 aliphatic rings. The van der Waals surface area contributed by atoms with E-state index in [0.29, 0.717) is 21.4 Å². The summed E-state index contributed by atoms with van der Waals surface area (Å²) in [5.41, 5.74) is 0.223. The van der Waals surface area contributed by atoms with Gasteiger partial charge < -0.3 is 20.6 Å². The highest BCUT2D eigenvalue weighted by Crippen LogP contribution is 2.32. The van der Waals surface area contributed by atoms with Gasteiger partial charge in [-0.25, -0.2) is 9.78 Å².